The van der Waals surface area contributed by atoms with Crippen LogP contribution < -0.4 is 0 Å². The van der Waals surface area contributed by atoms with Gasteiger partial charge >= 0.3 is 11.9 Å². The van der Waals surface area contributed by atoms with Gasteiger partial charge in [-0.05, 0) is 12.1 Å². The lowest BCUT2D eigenvalue weighted by atomic mass is 9.85. The number of hydrogen-bond acceptors (Lipinski definition) is 4. The molecule has 0 heterocycles. The molecule has 1 atom stereocenters. The topological polar surface area (TPSA) is 118 Å². The van der Waals surface area contributed by atoms with E-state index in [1.54, 1.807) is 0 Å². The van der Waals surface area contributed by atoms with Crippen molar-refractivity contribution in [1.82, 2.24) is 0 Å². The Labute approximate surface area is 114 Å². The van der Waals surface area contributed by atoms with Crippen LogP contribution >= 0.6 is 0 Å². The Kier molecular flexibility index (Phi) is 4.84. The van der Waals surface area contributed by atoms with Crippen molar-refractivity contribution in [3.05, 3.63) is 45.3 Å². The number of carboxylic acids is 2. The summed E-state index contributed by atoms with van der Waals surface area (Å²) in [6.45, 7) is -1.39. The number of benzene rings is 1. The molecule has 0 bridgehead atoms. The van der Waals surface area contributed by atoms with Gasteiger partial charge in [-0.2, -0.15) is 0 Å². The van der Waals surface area contributed by atoms with Crippen molar-refractivity contribution in [2.45, 2.75) is 5.92 Å². The van der Waals surface area contributed by atoms with E-state index in [0.717, 1.165) is 0 Å². The van der Waals surface area contributed by atoms with Gasteiger partial charge in [0.2, 0.25) is 6.54 Å². The summed E-state index contributed by atoms with van der Waals surface area (Å²) in [6.07, 6.45) is 0. The van der Waals surface area contributed by atoms with E-state index >= 15 is 0 Å². The summed E-state index contributed by atoms with van der Waals surface area (Å²) < 4.78 is 40.3. The number of nitro groups is 1. The van der Waals surface area contributed by atoms with Crippen molar-refractivity contribution < 1.29 is 37.9 Å². The quantitative estimate of drug-likeness (QED) is 0.353. The number of carbonyl (C=O) groups is 2. The summed E-state index contributed by atoms with van der Waals surface area (Å²) in [7, 11) is 0. The molecule has 114 valence electrons. The fourth-order valence-electron chi connectivity index (χ4n) is 1.86. The van der Waals surface area contributed by atoms with E-state index < -0.39 is 58.3 Å². The minimum absolute atomic E-state index is 0.397. The number of nitrogens with zero attached hydrogens (tertiary/aromatic N) is 1. The zero-order chi connectivity index (χ0) is 16.3. The fraction of sp³-hybridized carbons (Fsp3) is 0.273. The molecule has 1 aromatic rings. The molecule has 7 nitrogen and oxygen atoms in total. The predicted octanol–water partition coefficient (Wildman–Crippen LogP) is 1.25. The predicted molar refractivity (Wildman–Crippen MR) is 59.7 cm³/mol. The Bertz CT molecular complexity index is 592. The lowest BCUT2D eigenvalue weighted by molar-refractivity contribution is -0.484. The molecule has 0 spiro atoms. The van der Waals surface area contributed by atoms with Crippen molar-refractivity contribution in [2.24, 2.45) is 5.92 Å². The molecule has 10 heteroatoms. The van der Waals surface area contributed by atoms with Gasteiger partial charge in [0.15, 0.2) is 17.6 Å². The molecule has 0 aromatic heterocycles. The molecule has 0 radical (unpaired) electrons. The van der Waals surface area contributed by atoms with Gasteiger partial charge in [0.1, 0.15) is 5.82 Å². The van der Waals surface area contributed by atoms with Gasteiger partial charge in [-0.15, -0.1) is 0 Å². The number of hydrogen-bond donors (Lipinski definition) is 2. The summed E-state index contributed by atoms with van der Waals surface area (Å²) in [5, 5.41) is 28.1. The molecule has 0 fully saturated rings. The second-order valence-corrected chi connectivity index (χ2v) is 4.03. The molecular formula is C11H8F3NO6. The Morgan fingerprint density at radius 2 is 1.62 bits per heavy atom. The highest BCUT2D eigenvalue weighted by atomic mass is 19.2. The molecule has 2 N–H and O–H groups in total. The molecule has 1 aromatic carbocycles. The zero-order valence-electron chi connectivity index (χ0n) is 10.1. The molecule has 1 rings (SSSR count). The lowest BCUT2D eigenvalue weighted by Crippen LogP contribution is -2.34. The molecule has 0 aliphatic carbocycles. The first kappa shape index (κ1) is 16.4. The number of halogens is 3. The minimum Gasteiger partial charge on any atom is -0.481 e. The SMILES string of the molecule is O=C(O)C(C(=O)O)[C@@H](C[N+](=O)[O-])c1c(F)ccc(F)c1F. The number of aliphatic carboxylic acids is 2. The smallest absolute Gasteiger partial charge is 0.318 e. The van der Waals surface area contributed by atoms with Gasteiger partial charge in [0, 0.05) is 10.5 Å². The lowest BCUT2D eigenvalue weighted by Gasteiger charge is -2.19. The van der Waals surface area contributed by atoms with Crippen LogP contribution in [0.5, 0.6) is 0 Å². The van der Waals surface area contributed by atoms with Crippen LogP contribution in [0.3, 0.4) is 0 Å². The molecule has 0 aliphatic heterocycles. The Balaban J connectivity index is 3.52. The Morgan fingerprint density at radius 3 is 2.05 bits per heavy atom. The maximum atomic E-state index is 13.6. The third-order valence-corrected chi connectivity index (χ3v) is 2.73. The summed E-state index contributed by atoms with van der Waals surface area (Å²) in [5.74, 6) is -13.7. The van der Waals surface area contributed by atoms with E-state index in [1.165, 1.54) is 0 Å². The fourth-order valence-corrected chi connectivity index (χ4v) is 1.86. The van der Waals surface area contributed by atoms with Crippen LogP contribution in [0.1, 0.15) is 11.5 Å². The van der Waals surface area contributed by atoms with Gasteiger partial charge in [0.05, 0.1) is 5.92 Å². The second kappa shape index (κ2) is 6.20. The van der Waals surface area contributed by atoms with E-state index in [-0.39, 0.29) is 0 Å². The van der Waals surface area contributed by atoms with E-state index in [2.05, 4.69) is 0 Å². The summed E-state index contributed by atoms with van der Waals surface area (Å²) >= 11 is 0. The van der Waals surface area contributed by atoms with Crippen molar-refractivity contribution in [1.29, 1.82) is 0 Å². The first-order valence-corrected chi connectivity index (χ1v) is 5.37. The van der Waals surface area contributed by atoms with Crippen LogP contribution in [-0.2, 0) is 9.59 Å². The molecular weight excluding hydrogens is 299 g/mol. The van der Waals surface area contributed by atoms with Gasteiger partial charge < -0.3 is 10.2 Å². The van der Waals surface area contributed by atoms with Crippen LogP contribution in [-0.4, -0.2) is 33.6 Å². The highest BCUT2D eigenvalue weighted by molar-refractivity contribution is 5.94. The van der Waals surface area contributed by atoms with Crippen molar-refractivity contribution >= 4 is 11.9 Å². The van der Waals surface area contributed by atoms with Gasteiger partial charge in [-0.1, -0.05) is 0 Å². The Hall–Kier alpha value is -2.65. The van der Waals surface area contributed by atoms with E-state index in [1.807, 2.05) is 0 Å². The first-order valence-electron chi connectivity index (χ1n) is 5.37. The number of rotatable bonds is 6. The standard InChI is InChI=1S/C11H8F3NO6/c12-5-1-2-6(13)9(14)7(5)4(3-15(20)21)8(10(16)17)11(18)19/h1-2,4,8H,3H2,(H,16,17)(H,18,19)/t4-/m0/s1. The zero-order valence-corrected chi connectivity index (χ0v) is 10.1. The number of carboxylic acid groups (broad SMARTS) is 2. The second-order valence-electron chi connectivity index (χ2n) is 4.03. The monoisotopic (exact) mass is 307 g/mol. The summed E-state index contributed by atoms with van der Waals surface area (Å²) in [5.41, 5.74) is -1.28. The van der Waals surface area contributed by atoms with Crippen LogP contribution in [0, 0.1) is 33.5 Å². The van der Waals surface area contributed by atoms with Crippen LogP contribution in [0.15, 0.2) is 12.1 Å². The van der Waals surface area contributed by atoms with Crippen LogP contribution in [0.25, 0.3) is 0 Å². The Morgan fingerprint density at radius 1 is 1.14 bits per heavy atom. The van der Waals surface area contributed by atoms with Crippen LogP contribution in [0.4, 0.5) is 13.2 Å². The molecule has 0 saturated heterocycles. The maximum absolute atomic E-state index is 13.6. The molecule has 0 amide bonds. The van der Waals surface area contributed by atoms with E-state index in [4.69, 9.17) is 10.2 Å². The molecule has 21 heavy (non-hydrogen) atoms. The molecule has 0 aliphatic rings. The van der Waals surface area contributed by atoms with Crippen LogP contribution in [0.2, 0.25) is 0 Å². The van der Waals surface area contributed by atoms with Crippen molar-refractivity contribution in [3.63, 3.8) is 0 Å². The van der Waals surface area contributed by atoms with Gasteiger partial charge in [-0.25, -0.2) is 13.2 Å². The summed E-state index contributed by atoms with van der Waals surface area (Å²) in [6, 6.07) is 0.829. The van der Waals surface area contributed by atoms with Gasteiger partial charge in [-0.3, -0.25) is 19.7 Å². The third-order valence-electron chi connectivity index (χ3n) is 2.73. The third kappa shape index (κ3) is 3.46. The highest BCUT2D eigenvalue weighted by Crippen LogP contribution is 2.31. The minimum atomic E-state index is -2.50. The van der Waals surface area contributed by atoms with E-state index in [0.29, 0.717) is 12.1 Å². The first-order chi connectivity index (χ1) is 9.66. The molecule has 0 unspecified atom stereocenters. The highest BCUT2D eigenvalue weighted by Gasteiger charge is 2.42. The van der Waals surface area contributed by atoms with Crippen molar-refractivity contribution in [2.75, 3.05) is 6.54 Å². The average molecular weight is 307 g/mol. The van der Waals surface area contributed by atoms with Gasteiger partial charge in [0.25, 0.3) is 0 Å². The largest absolute Gasteiger partial charge is 0.481 e. The normalized spacial score (nSPS) is 12.2. The maximum Gasteiger partial charge on any atom is 0.318 e. The summed E-state index contributed by atoms with van der Waals surface area (Å²) in [4.78, 5) is 31.2. The van der Waals surface area contributed by atoms with E-state index in [9.17, 15) is 32.9 Å². The average Bonchev–Trinajstić information content (AvgIpc) is 2.32. The van der Waals surface area contributed by atoms with Crippen molar-refractivity contribution in [3.8, 4) is 0 Å². The molecule has 0 saturated carbocycles.